The number of nitrogens with one attached hydrogen (secondary N) is 1. The quantitative estimate of drug-likeness (QED) is 0.690. The van der Waals surface area contributed by atoms with Crippen molar-refractivity contribution in [1.29, 1.82) is 0 Å². The van der Waals surface area contributed by atoms with Crippen LogP contribution in [0.25, 0.3) is 10.8 Å². The van der Waals surface area contributed by atoms with Crippen molar-refractivity contribution >= 4 is 10.8 Å². The standard InChI is InChI=1S/C24H28N2O3/c1-27-21-16-23(29-3)22(28-2)15-20(21)24(26-12-10-25-11-13-26)19-9-8-17-6-4-5-7-18(17)14-19/h4-9,14-16,24-25H,10-13H2,1-3H3. The van der Waals surface area contributed by atoms with Crippen LogP contribution in [0.3, 0.4) is 0 Å². The largest absolute Gasteiger partial charge is 0.496 e. The van der Waals surface area contributed by atoms with Crippen LogP contribution in [0.5, 0.6) is 17.2 Å². The molecule has 0 saturated carbocycles. The average molecular weight is 392 g/mol. The number of methoxy groups -OCH3 is 3. The molecule has 5 heteroatoms. The number of benzene rings is 3. The Morgan fingerprint density at radius 3 is 2.10 bits per heavy atom. The number of hydrogen-bond acceptors (Lipinski definition) is 5. The topological polar surface area (TPSA) is 43.0 Å². The lowest BCUT2D eigenvalue weighted by Crippen LogP contribution is -2.45. The summed E-state index contributed by atoms with van der Waals surface area (Å²) in [6.07, 6.45) is 0. The highest BCUT2D eigenvalue weighted by Gasteiger charge is 2.28. The molecular formula is C24H28N2O3. The third-order valence-corrected chi connectivity index (χ3v) is 5.64. The van der Waals surface area contributed by atoms with E-state index in [0.29, 0.717) is 11.5 Å². The maximum Gasteiger partial charge on any atom is 0.164 e. The Balaban J connectivity index is 1.88. The van der Waals surface area contributed by atoms with Crippen molar-refractivity contribution in [1.82, 2.24) is 10.2 Å². The minimum absolute atomic E-state index is 0.0662. The molecule has 29 heavy (non-hydrogen) atoms. The molecule has 0 amide bonds. The third-order valence-electron chi connectivity index (χ3n) is 5.64. The highest BCUT2D eigenvalue weighted by atomic mass is 16.5. The lowest BCUT2D eigenvalue weighted by atomic mass is 9.93. The fourth-order valence-corrected chi connectivity index (χ4v) is 4.17. The van der Waals surface area contributed by atoms with Gasteiger partial charge in [0.15, 0.2) is 11.5 Å². The van der Waals surface area contributed by atoms with Gasteiger partial charge >= 0.3 is 0 Å². The van der Waals surface area contributed by atoms with Crippen molar-refractivity contribution in [3.8, 4) is 17.2 Å². The van der Waals surface area contributed by atoms with Crippen LogP contribution in [0.15, 0.2) is 54.6 Å². The molecule has 1 aliphatic rings. The van der Waals surface area contributed by atoms with Crippen LogP contribution in [0, 0.1) is 0 Å². The van der Waals surface area contributed by atoms with E-state index in [1.54, 1.807) is 21.3 Å². The number of piperazine rings is 1. The van der Waals surface area contributed by atoms with E-state index in [0.717, 1.165) is 37.5 Å². The second kappa shape index (κ2) is 8.72. The maximum absolute atomic E-state index is 5.79. The molecule has 5 nitrogen and oxygen atoms in total. The fourth-order valence-electron chi connectivity index (χ4n) is 4.17. The first-order valence-electron chi connectivity index (χ1n) is 9.98. The molecule has 1 fully saturated rings. The molecule has 1 unspecified atom stereocenters. The first-order valence-corrected chi connectivity index (χ1v) is 9.98. The first kappa shape index (κ1) is 19.6. The van der Waals surface area contributed by atoms with Gasteiger partial charge in [-0.05, 0) is 28.5 Å². The summed E-state index contributed by atoms with van der Waals surface area (Å²) in [4.78, 5) is 2.50. The van der Waals surface area contributed by atoms with Crippen molar-refractivity contribution < 1.29 is 14.2 Å². The Bertz CT molecular complexity index is 983. The van der Waals surface area contributed by atoms with Gasteiger partial charge in [-0.1, -0.05) is 36.4 Å². The summed E-state index contributed by atoms with van der Waals surface area (Å²) in [6.45, 7) is 3.88. The summed E-state index contributed by atoms with van der Waals surface area (Å²) >= 11 is 0. The smallest absolute Gasteiger partial charge is 0.164 e. The van der Waals surface area contributed by atoms with Crippen LogP contribution in [-0.2, 0) is 0 Å². The van der Waals surface area contributed by atoms with Crippen molar-refractivity contribution in [2.24, 2.45) is 0 Å². The van der Waals surface area contributed by atoms with E-state index < -0.39 is 0 Å². The molecule has 152 valence electrons. The number of hydrogen-bond donors (Lipinski definition) is 1. The van der Waals surface area contributed by atoms with E-state index in [-0.39, 0.29) is 6.04 Å². The summed E-state index contributed by atoms with van der Waals surface area (Å²) in [6, 6.07) is 19.2. The Labute approximate surface area is 172 Å². The number of nitrogens with zero attached hydrogens (tertiary/aromatic N) is 1. The predicted octanol–water partition coefficient (Wildman–Crippen LogP) is 3.86. The Morgan fingerprint density at radius 2 is 1.41 bits per heavy atom. The van der Waals surface area contributed by atoms with E-state index in [9.17, 15) is 0 Å². The molecule has 1 heterocycles. The van der Waals surface area contributed by atoms with Gasteiger partial charge in [0.2, 0.25) is 0 Å². The van der Waals surface area contributed by atoms with E-state index in [1.807, 2.05) is 6.07 Å². The second-order valence-electron chi connectivity index (χ2n) is 7.24. The molecule has 3 aromatic rings. The van der Waals surface area contributed by atoms with Crippen LogP contribution < -0.4 is 19.5 Å². The number of fused-ring (bicyclic) bond motifs is 1. The van der Waals surface area contributed by atoms with Gasteiger partial charge in [0.05, 0.1) is 27.4 Å². The van der Waals surface area contributed by atoms with Gasteiger partial charge in [-0.3, -0.25) is 4.90 Å². The van der Waals surface area contributed by atoms with Crippen LogP contribution in [0.4, 0.5) is 0 Å². The second-order valence-corrected chi connectivity index (χ2v) is 7.24. The lowest BCUT2D eigenvalue weighted by molar-refractivity contribution is 0.195. The summed E-state index contributed by atoms with van der Waals surface area (Å²) in [7, 11) is 5.03. The van der Waals surface area contributed by atoms with Gasteiger partial charge in [-0.25, -0.2) is 0 Å². The zero-order valence-electron chi connectivity index (χ0n) is 17.3. The zero-order valence-corrected chi connectivity index (χ0v) is 17.3. The van der Waals surface area contributed by atoms with Gasteiger partial charge in [0, 0.05) is 37.8 Å². The number of rotatable bonds is 6. The highest BCUT2D eigenvalue weighted by Crippen LogP contribution is 2.42. The Kier molecular flexibility index (Phi) is 5.88. The van der Waals surface area contributed by atoms with E-state index in [1.165, 1.54) is 16.3 Å². The fraction of sp³-hybridized carbons (Fsp3) is 0.333. The van der Waals surface area contributed by atoms with Crippen LogP contribution in [-0.4, -0.2) is 52.4 Å². The van der Waals surface area contributed by atoms with E-state index in [4.69, 9.17) is 14.2 Å². The molecule has 0 spiro atoms. The summed E-state index contributed by atoms with van der Waals surface area (Å²) in [5, 5.41) is 5.94. The van der Waals surface area contributed by atoms with Crippen molar-refractivity contribution in [2.75, 3.05) is 47.5 Å². The average Bonchev–Trinajstić information content (AvgIpc) is 2.79. The van der Waals surface area contributed by atoms with Gasteiger partial charge in [-0.2, -0.15) is 0 Å². The van der Waals surface area contributed by atoms with Crippen LogP contribution in [0.2, 0.25) is 0 Å². The lowest BCUT2D eigenvalue weighted by Gasteiger charge is -2.36. The highest BCUT2D eigenvalue weighted by molar-refractivity contribution is 5.83. The zero-order chi connectivity index (χ0) is 20.2. The van der Waals surface area contributed by atoms with Crippen molar-refractivity contribution in [3.05, 3.63) is 65.7 Å². The van der Waals surface area contributed by atoms with Gasteiger partial charge in [0.1, 0.15) is 5.75 Å². The molecule has 4 rings (SSSR count). The van der Waals surface area contributed by atoms with Gasteiger partial charge in [0.25, 0.3) is 0 Å². The molecule has 3 aromatic carbocycles. The van der Waals surface area contributed by atoms with Crippen molar-refractivity contribution in [2.45, 2.75) is 6.04 Å². The molecule has 1 aliphatic heterocycles. The molecule has 1 N–H and O–H groups in total. The van der Waals surface area contributed by atoms with Crippen molar-refractivity contribution in [3.63, 3.8) is 0 Å². The molecule has 0 aromatic heterocycles. The third kappa shape index (κ3) is 3.88. The normalized spacial score (nSPS) is 15.8. The Hall–Kier alpha value is -2.76. The van der Waals surface area contributed by atoms with Crippen LogP contribution >= 0.6 is 0 Å². The Morgan fingerprint density at radius 1 is 0.759 bits per heavy atom. The maximum atomic E-state index is 5.79. The minimum Gasteiger partial charge on any atom is -0.496 e. The number of ether oxygens (including phenoxy) is 3. The summed E-state index contributed by atoms with van der Waals surface area (Å²) in [5.41, 5.74) is 2.33. The molecular weight excluding hydrogens is 364 g/mol. The molecule has 0 aliphatic carbocycles. The summed E-state index contributed by atoms with van der Waals surface area (Å²) < 4.78 is 16.9. The van der Waals surface area contributed by atoms with Crippen LogP contribution in [0.1, 0.15) is 17.2 Å². The molecule has 1 atom stereocenters. The minimum atomic E-state index is 0.0662. The monoisotopic (exact) mass is 392 g/mol. The van der Waals surface area contributed by atoms with E-state index >= 15 is 0 Å². The SMILES string of the molecule is COc1cc(OC)c(C(c2ccc3ccccc3c2)N2CCNCC2)cc1OC. The van der Waals surface area contributed by atoms with E-state index in [2.05, 4.69) is 58.7 Å². The van der Waals surface area contributed by atoms with Gasteiger partial charge < -0.3 is 19.5 Å². The summed E-state index contributed by atoms with van der Waals surface area (Å²) in [5.74, 6) is 2.19. The predicted molar refractivity (Wildman–Crippen MR) is 116 cm³/mol. The molecule has 0 bridgehead atoms. The molecule has 1 saturated heterocycles. The molecule has 0 radical (unpaired) electrons. The van der Waals surface area contributed by atoms with Gasteiger partial charge in [-0.15, -0.1) is 0 Å². The first-order chi connectivity index (χ1) is 14.2.